The lowest BCUT2D eigenvalue weighted by atomic mass is 9.71. The van der Waals surface area contributed by atoms with E-state index in [9.17, 15) is 4.79 Å². The summed E-state index contributed by atoms with van der Waals surface area (Å²) in [5.41, 5.74) is 5.28. The minimum absolute atomic E-state index is 0.259. The second-order valence-corrected chi connectivity index (χ2v) is 6.58. The van der Waals surface area contributed by atoms with E-state index in [0.29, 0.717) is 0 Å². The Morgan fingerprint density at radius 3 is 2.62 bits per heavy atom. The van der Waals surface area contributed by atoms with Crippen LogP contribution < -0.4 is 0 Å². The van der Waals surface area contributed by atoms with Gasteiger partial charge in [-0.3, -0.25) is 4.79 Å². The molecule has 0 unspecified atom stereocenters. The summed E-state index contributed by atoms with van der Waals surface area (Å²) in [6, 6.07) is 0. The van der Waals surface area contributed by atoms with Crippen molar-refractivity contribution in [3.05, 3.63) is 59.3 Å². The minimum atomic E-state index is 0.259. The van der Waals surface area contributed by atoms with Gasteiger partial charge in [0.2, 0.25) is 0 Å². The van der Waals surface area contributed by atoms with E-state index < -0.39 is 0 Å². The molecule has 0 atom stereocenters. The summed E-state index contributed by atoms with van der Waals surface area (Å²) in [5.74, 6) is 0. The summed E-state index contributed by atoms with van der Waals surface area (Å²) in [5, 5.41) is 0. The first kappa shape index (κ1) is 17.4. The van der Waals surface area contributed by atoms with Crippen molar-refractivity contribution >= 4 is 6.29 Å². The monoisotopic (exact) mass is 284 g/mol. The lowest BCUT2D eigenvalue weighted by molar-refractivity contribution is -0.104. The molecule has 0 heterocycles. The van der Waals surface area contributed by atoms with Crippen molar-refractivity contribution < 1.29 is 4.79 Å². The molecule has 1 nitrogen and oxygen atoms in total. The van der Waals surface area contributed by atoms with Gasteiger partial charge < -0.3 is 0 Å². The molecule has 0 saturated heterocycles. The third-order valence-corrected chi connectivity index (χ3v) is 4.09. The van der Waals surface area contributed by atoms with E-state index in [1.54, 1.807) is 6.08 Å². The van der Waals surface area contributed by atoms with Crippen molar-refractivity contribution in [2.45, 2.75) is 53.4 Å². The Labute approximate surface area is 129 Å². The molecule has 0 N–H and O–H groups in total. The van der Waals surface area contributed by atoms with Gasteiger partial charge in [-0.25, -0.2) is 0 Å². The van der Waals surface area contributed by atoms with E-state index in [1.165, 1.54) is 29.6 Å². The maximum absolute atomic E-state index is 10.3. The number of carbonyl (C=O) groups excluding carboxylic acids is 1. The molecule has 0 bridgehead atoms. The molecule has 0 radical (unpaired) electrons. The van der Waals surface area contributed by atoms with E-state index in [1.807, 2.05) is 19.1 Å². The predicted octanol–water partition coefficient (Wildman–Crippen LogP) is 5.72. The van der Waals surface area contributed by atoms with Crippen LogP contribution in [0.15, 0.2) is 59.3 Å². The summed E-state index contributed by atoms with van der Waals surface area (Å²) in [7, 11) is 0. The van der Waals surface area contributed by atoms with Gasteiger partial charge in [-0.2, -0.15) is 0 Å². The van der Waals surface area contributed by atoms with Crippen LogP contribution in [0.3, 0.4) is 0 Å². The third-order valence-electron chi connectivity index (χ3n) is 4.09. The normalized spacial score (nSPS) is 22.1. The fraction of sp³-hybridized carbons (Fsp3) is 0.450. The lowest BCUT2D eigenvalue weighted by Gasteiger charge is -2.34. The first-order chi connectivity index (χ1) is 9.86. The third kappa shape index (κ3) is 5.71. The first-order valence-corrected chi connectivity index (χ1v) is 7.71. The van der Waals surface area contributed by atoms with Gasteiger partial charge in [-0.05, 0) is 62.2 Å². The molecule has 1 saturated carbocycles. The Morgan fingerprint density at radius 1 is 1.29 bits per heavy atom. The number of hydrogen-bond donors (Lipinski definition) is 0. The molecule has 0 amide bonds. The number of aldehydes is 1. The molecule has 0 aromatic heterocycles. The second kappa shape index (κ2) is 7.97. The molecular weight excluding hydrogens is 256 g/mol. The molecule has 114 valence electrons. The van der Waals surface area contributed by atoms with Gasteiger partial charge in [0, 0.05) is 0 Å². The molecule has 0 spiro atoms. The van der Waals surface area contributed by atoms with E-state index in [0.717, 1.165) is 24.7 Å². The van der Waals surface area contributed by atoms with Gasteiger partial charge in [-0.15, -0.1) is 0 Å². The Morgan fingerprint density at radius 2 is 2.00 bits per heavy atom. The maximum Gasteiger partial charge on any atom is 0.143 e. The van der Waals surface area contributed by atoms with Crippen molar-refractivity contribution in [1.29, 1.82) is 0 Å². The van der Waals surface area contributed by atoms with Crippen LogP contribution in [0.1, 0.15) is 53.4 Å². The molecule has 1 rings (SSSR count). The van der Waals surface area contributed by atoms with Gasteiger partial charge in [0.1, 0.15) is 6.29 Å². The topological polar surface area (TPSA) is 17.1 Å². The number of carbonyl (C=O) groups is 1. The highest BCUT2D eigenvalue weighted by atomic mass is 16.1. The van der Waals surface area contributed by atoms with E-state index >= 15 is 0 Å². The quantitative estimate of drug-likeness (QED) is 0.358. The first-order valence-electron chi connectivity index (χ1n) is 7.71. The van der Waals surface area contributed by atoms with E-state index in [2.05, 4.69) is 39.5 Å². The van der Waals surface area contributed by atoms with Crippen molar-refractivity contribution in [3.8, 4) is 0 Å². The highest BCUT2D eigenvalue weighted by Crippen LogP contribution is 2.42. The molecule has 0 aromatic carbocycles. The van der Waals surface area contributed by atoms with Gasteiger partial charge in [0.15, 0.2) is 0 Å². The lowest BCUT2D eigenvalue weighted by Crippen LogP contribution is -2.20. The van der Waals surface area contributed by atoms with Crippen LogP contribution in [-0.2, 0) is 4.79 Å². The molecule has 1 fully saturated rings. The van der Waals surface area contributed by atoms with Crippen molar-refractivity contribution in [3.63, 3.8) is 0 Å². The van der Waals surface area contributed by atoms with Crippen LogP contribution in [0.25, 0.3) is 0 Å². The molecule has 0 aromatic rings. The zero-order valence-corrected chi connectivity index (χ0v) is 13.9. The summed E-state index contributed by atoms with van der Waals surface area (Å²) in [6.07, 6.45) is 15.4. The maximum atomic E-state index is 10.3. The number of allylic oxidation sites excluding steroid dienone is 9. The SMILES string of the molecule is C=C1CCCC(C)(C)/C1=C/C\C(C)=C/C=C/C(C)=C/C=O. The zero-order chi connectivity index (χ0) is 15.9. The molecule has 1 aliphatic rings. The van der Waals surface area contributed by atoms with Crippen LogP contribution >= 0.6 is 0 Å². The Hall–Kier alpha value is -1.63. The van der Waals surface area contributed by atoms with Gasteiger partial charge in [-0.1, -0.05) is 55.9 Å². The van der Waals surface area contributed by atoms with E-state index in [4.69, 9.17) is 0 Å². The van der Waals surface area contributed by atoms with Crippen LogP contribution in [0.5, 0.6) is 0 Å². The zero-order valence-electron chi connectivity index (χ0n) is 13.9. The van der Waals surface area contributed by atoms with Crippen molar-refractivity contribution in [1.82, 2.24) is 0 Å². The van der Waals surface area contributed by atoms with Crippen molar-refractivity contribution in [2.24, 2.45) is 5.41 Å². The average Bonchev–Trinajstić information content (AvgIpc) is 2.37. The summed E-state index contributed by atoms with van der Waals surface area (Å²) >= 11 is 0. The minimum Gasteiger partial charge on any atom is -0.299 e. The average molecular weight is 284 g/mol. The summed E-state index contributed by atoms with van der Waals surface area (Å²) in [6.45, 7) is 12.9. The van der Waals surface area contributed by atoms with Crippen LogP contribution in [0, 0.1) is 5.41 Å². The van der Waals surface area contributed by atoms with Gasteiger partial charge in [0.05, 0.1) is 0 Å². The van der Waals surface area contributed by atoms with Crippen molar-refractivity contribution in [2.75, 3.05) is 0 Å². The Balaban J connectivity index is 2.72. The Kier molecular flexibility index (Phi) is 6.61. The van der Waals surface area contributed by atoms with E-state index in [-0.39, 0.29) is 5.41 Å². The molecular formula is C20H28O. The van der Waals surface area contributed by atoms with Crippen LogP contribution in [0.2, 0.25) is 0 Å². The van der Waals surface area contributed by atoms with Crippen LogP contribution in [0.4, 0.5) is 0 Å². The number of hydrogen-bond acceptors (Lipinski definition) is 1. The van der Waals surface area contributed by atoms with Gasteiger partial charge >= 0.3 is 0 Å². The highest BCUT2D eigenvalue weighted by Gasteiger charge is 2.28. The summed E-state index contributed by atoms with van der Waals surface area (Å²) in [4.78, 5) is 10.3. The van der Waals surface area contributed by atoms with Gasteiger partial charge in [0.25, 0.3) is 0 Å². The molecule has 1 heteroatoms. The summed E-state index contributed by atoms with van der Waals surface area (Å²) < 4.78 is 0. The fourth-order valence-corrected chi connectivity index (χ4v) is 2.77. The fourth-order valence-electron chi connectivity index (χ4n) is 2.77. The largest absolute Gasteiger partial charge is 0.299 e. The second-order valence-electron chi connectivity index (χ2n) is 6.58. The highest BCUT2D eigenvalue weighted by molar-refractivity contribution is 5.66. The number of rotatable bonds is 5. The molecule has 1 aliphatic carbocycles. The molecule has 21 heavy (non-hydrogen) atoms. The van der Waals surface area contributed by atoms with Crippen LogP contribution in [-0.4, -0.2) is 6.29 Å². The predicted molar refractivity (Wildman–Crippen MR) is 92.2 cm³/mol. The standard InChI is InChI=1S/C20H28O/c1-16(8-6-9-17(2)13-15-21)11-12-19-18(3)10-7-14-20(19,4)5/h6,8-9,12-13,15H,3,7,10-11,14H2,1-2,4-5H3/b9-6+,16-8-,17-13+,19-12+. The molecule has 0 aliphatic heterocycles. The Bertz CT molecular complexity index is 510. The smallest absolute Gasteiger partial charge is 0.143 e.